The molecule has 2 atom stereocenters. The van der Waals surface area contributed by atoms with Gasteiger partial charge in [-0.2, -0.15) is 0 Å². The number of aliphatic carboxylic acids is 1. The minimum atomic E-state index is -0.967. The lowest BCUT2D eigenvalue weighted by molar-refractivity contribution is -0.151. The van der Waals surface area contributed by atoms with Crippen LogP contribution in [0.4, 0.5) is 0 Å². The van der Waals surface area contributed by atoms with Gasteiger partial charge in [0.25, 0.3) is 0 Å². The number of hydrogen-bond acceptors (Lipinski definition) is 5. The third kappa shape index (κ3) is 22.5. The van der Waals surface area contributed by atoms with Crippen LogP contribution in [0.3, 0.4) is 0 Å². The molecular weight excluding hydrogens is 464 g/mol. The molecule has 2 N–H and O–H groups in total. The highest BCUT2D eigenvalue weighted by Crippen LogP contribution is 2.20. The Bertz CT molecular complexity index is 521. The van der Waals surface area contributed by atoms with Crippen LogP contribution in [0, 0.1) is 5.92 Å². The Kier molecular flexibility index (Phi) is 25.7. The lowest BCUT2D eigenvalue weighted by atomic mass is 9.95. The van der Waals surface area contributed by atoms with E-state index in [0.717, 1.165) is 38.9 Å². The van der Waals surface area contributed by atoms with Gasteiger partial charge < -0.3 is 20.1 Å². The molecular formula is C31H62N2O4. The summed E-state index contributed by atoms with van der Waals surface area (Å²) in [5.41, 5.74) is 0. The highest BCUT2D eigenvalue weighted by molar-refractivity contribution is 5.81. The summed E-state index contributed by atoms with van der Waals surface area (Å²) >= 11 is 0. The van der Waals surface area contributed by atoms with E-state index >= 15 is 0 Å². The molecule has 0 rings (SSSR count). The predicted octanol–water partition coefficient (Wildman–Crippen LogP) is 7.59. The first-order valence-electron chi connectivity index (χ1n) is 15.8. The first-order chi connectivity index (χ1) is 18.0. The molecule has 0 aromatic heterocycles. The Hall–Kier alpha value is -1.14. The van der Waals surface area contributed by atoms with E-state index in [1.807, 2.05) is 0 Å². The Morgan fingerprint density at radius 1 is 0.703 bits per heavy atom. The molecule has 0 amide bonds. The van der Waals surface area contributed by atoms with Crippen LogP contribution >= 0.6 is 0 Å². The number of esters is 1. The van der Waals surface area contributed by atoms with Gasteiger partial charge in [0, 0.05) is 0 Å². The molecule has 0 aromatic carbocycles. The molecule has 0 saturated carbocycles. The van der Waals surface area contributed by atoms with Crippen molar-refractivity contribution in [3.05, 3.63) is 0 Å². The van der Waals surface area contributed by atoms with Crippen molar-refractivity contribution in [2.24, 2.45) is 5.92 Å². The van der Waals surface area contributed by atoms with Gasteiger partial charge in [-0.3, -0.25) is 9.59 Å². The molecule has 0 fully saturated rings. The number of carboxylic acids is 1. The van der Waals surface area contributed by atoms with Gasteiger partial charge in [-0.15, -0.1) is 0 Å². The number of carbonyl (C=O) groups excluding carboxylic acids is 1. The summed E-state index contributed by atoms with van der Waals surface area (Å²) in [6.07, 6.45) is 20.1. The second-order valence-corrected chi connectivity index (χ2v) is 10.9. The number of rotatable bonds is 28. The molecule has 0 aliphatic carbocycles. The maximum absolute atomic E-state index is 12.9. The van der Waals surface area contributed by atoms with Crippen molar-refractivity contribution in [2.45, 2.75) is 149 Å². The first kappa shape index (κ1) is 35.9. The molecule has 0 aliphatic heterocycles. The average molecular weight is 527 g/mol. The summed E-state index contributed by atoms with van der Waals surface area (Å²) in [4.78, 5) is 26.8. The highest BCUT2D eigenvalue weighted by Gasteiger charge is 2.24. The van der Waals surface area contributed by atoms with Crippen LogP contribution in [0.25, 0.3) is 0 Å². The van der Waals surface area contributed by atoms with E-state index < -0.39 is 18.0 Å². The summed E-state index contributed by atoms with van der Waals surface area (Å²) in [6, 6.07) is -0.771. The fraction of sp³-hybridized carbons (Fsp3) is 0.935. The van der Waals surface area contributed by atoms with Crippen LogP contribution in [0.1, 0.15) is 143 Å². The molecule has 6 nitrogen and oxygen atoms in total. The van der Waals surface area contributed by atoms with Crippen LogP contribution in [0.15, 0.2) is 0 Å². The molecule has 37 heavy (non-hydrogen) atoms. The first-order valence-corrected chi connectivity index (χ1v) is 15.8. The van der Waals surface area contributed by atoms with Crippen molar-refractivity contribution in [3.8, 4) is 0 Å². The van der Waals surface area contributed by atoms with Crippen LogP contribution in [0.5, 0.6) is 0 Å². The molecule has 6 heteroatoms. The quantitative estimate of drug-likeness (QED) is 0.0807. The summed E-state index contributed by atoms with van der Waals surface area (Å²) in [6.45, 7) is 13.1. The van der Waals surface area contributed by atoms with Gasteiger partial charge in [-0.05, 0) is 64.2 Å². The molecule has 0 aliphatic rings. The number of nitrogens with one attached hydrogen (secondary N) is 1. The molecule has 0 saturated heterocycles. The summed E-state index contributed by atoms with van der Waals surface area (Å²) in [7, 11) is 0. The number of nitrogens with zero attached hydrogens (tertiary/aromatic N) is 1. The predicted molar refractivity (Wildman–Crippen MR) is 156 cm³/mol. The third-order valence-electron chi connectivity index (χ3n) is 7.25. The number of carbonyl (C=O) groups is 2. The van der Waals surface area contributed by atoms with Crippen molar-refractivity contribution in [1.82, 2.24) is 10.2 Å². The van der Waals surface area contributed by atoms with Crippen molar-refractivity contribution in [3.63, 3.8) is 0 Å². The van der Waals surface area contributed by atoms with E-state index in [1.54, 1.807) is 0 Å². The van der Waals surface area contributed by atoms with Gasteiger partial charge in [0.2, 0.25) is 0 Å². The van der Waals surface area contributed by atoms with Crippen molar-refractivity contribution < 1.29 is 19.4 Å². The zero-order valence-electron chi connectivity index (χ0n) is 25.0. The molecule has 220 valence electrons. The summed E-state index contributed by atoms with van der Waals surface area (Å²) < 4.78 is 5.73. The molecule has 0 aromatic rings. The monoisotopic (exact) mass is 526 g/mol. The summed E-state index contributed by atoms with van der Waals surface area (Å²) in [5, 5.41) is 12.6. The van der Waals surface area contributed by atoms with Crippen molar-refractivity contribution in [1.29, 1.82) is 0 Å². The van der Waals surface area contributed by atoms with Crippen LogP contribution < -0.4 is 5.32 Å². The van der Waals surface area contributed by atoms with E-state index in [0.29, 0.717) is 19.1 Å². The number of unbranched alkanes of at least 4 members (excludes halogenated alkanes) is 10. The van der Waals surface area contributed by atoms with Gasteiger partial charge in [-0.1, -0.05) is 105 Å². The lowest BCUT2D eigenvalue weighted by Gasteiger charge is -2.23. The van der Waals surface area contributed by atoms with E-state index in [1.165, 1.54) is 89.9 Å². The number of ether oxygens (including phenoxy) is 1. The molecule has 0 heterocycles. The normalized spacial score (nSPS) is 13.1. The standard InChI is InChI=1S/C31H62N2O4/c1-5-9-13-15-16-18-21-28(20-17-14-10-6-2)27-37-31(36)29(26-30(34)35)32-22-19-25-33(23-11-7-3)24-12-8-4/h28-29,32H,5-27H2,1-4H3,(H,34,35). The van der Waals surface area contributed by atoms with Crippen LogP contribution in [-0.4, -0.2) is 60.8 Å². The van der Waals surface area contributed by atoms with E-state index in [9.17, 15) is 14.7 Å². The van der Waals surface area contributed by atoms with Gasteiger partial charge in [-0.25, -0.2) is 0 Å². The molecule has 0 spiro atoms. The smallest absolute Gasteiger partial charge is 0.323 e. The maximum Gasteiger partial charge on any atom is 0.323 e. The summed E-state index contributed by atoms with van der Waals surface area (Å²) in [5.74, 6) is -0.994. The van der Waals surface area contributed by atoms with Gasteiger partial charge >= 0.3 is 11.9 Å². The van der Waals surface area contributed by atoms with Crippen LogP contribution in [-0.2, 0) is 14.3 Å². The van der Waals surface area contributed by atoms with E-state index in [-0.39, 0.29) is 6.42 Å². The average Bonchev–Trinajstić information content (AvgIpc) is 2.88. The second-order valence-electron chi connectivity index (χ2n) is 10.9. The Morgan fingerprint density at radius 3 is 1.73 bits per heavy atom. The topological polar surface area (TPSA) is 78.9 Å². The SMILES string of the molecule is CCCCCCCCC(CCCCCC)COC(=O)C(CC(=O)O)NCCCN(CCCC)CCCC. The second kappa shape index (κ2) is 26.5. The zero-order chi connectivity index (χ0) is 27.6. The zero-order valence-corrected chi connectivity index (χ0v) is 25.0. The Labute approximate surface area is 229 Å². The molecule has 0 bridgehead atoms. The fourth-order valence-electron chi connectivity index (χ4n) is 4.78. The fourth-order valence-corrected chi connectivity index (χ4v) is 4.78. The molecule has 2 unspecified atom stereocenters. The van der Waals surface area contributed by atoms with Gasteiger partial charge in [0.15, 0.2) is 0 Å². The number of carboxylic acid groups (broad SMARTS) is 1. The van der Waals surface area contributed by atoms with Crippen molar-refractivity contribution >= 4 is 11.9 Å². The van der Waals surface area contributed by atoms with E-state index in [4.69, 9.17) is 4.74 Å². The third-order valence-corrected chi connectivity index (χ3v) is 7.25. The highest BCUT2D eigenvalue weighted by atomic mass is 16.5. The van der Waals surface area contributed by atoms with Crippen LogP contribution in [0.2, 0.25) is 0 Å². The Morgan fingerprint density at radius 2 is 1.19 bits per heavy atom. The maximum atomic E-state index is 12.9. The number of hydrogen-bond donors (Lipinski definition) is 2. The minimum absolute atomic E-state index is 0.229. The van der Waals surface area contributed by atoms with E-state index in [2.05, 4.69) is 37.9 Å². The van der Waals surface area contributed by atoms with Crippen molar-refractivity contribution in [2.75, 3.05) is 32.8 Å². The van der Waals surface area contributed by atoms with Gasteiger partial charge in [0.05, 0.1) is 13.0 Å². The molecule has 0 radical (unpaired) electrons. The Balaban J connectivity index is 4.66. The minimum Gasteiger partial charge on any atom is -0.481 e. The largest absolute Gasteiger partial charge is 0.481 e. The lowest BCUT2D eigenvalue weighted by Crippen LogP contribution is -2.41. The van der Waals surface area contributed by atoms with Gasteiger partial charge in [0.1, 0.15) is 6.04 Å².